The van der Waals surface area contributed by atoms with E-state index >= 15 is 0 Å². The lowest BCUT2D eigenvalue weighted by Crippen LogP contribution is -2.47. The number of likely N-dealkylation sites (tertiary alicyclic amines) is 1. The highest BCUT2D eigenvalue weighted by Crippen LogP contribution is 2.26. The molecular formula is C19H28N2O2. The summed E-state index contributed by atoms with van der Waals surface area (Å²) in [4.78, 5) is 14.7. The van der Waals surface area contributed by atoms with Gasteiger partial charge in [0, 0.05) is 25.7 Å². The van der Waals surface area contributed by atoms with E-state index in [4.69, 9.17) is 0 Å². The monoisotopic (exact) mass is 316 g/mol. The van der Waals surface area contributed by atoms with Crippen molar-refractivity contribution in [2.75, 3.05) is 13.1 Å². The van der Waals surface area contributed by atoms with E-state index in [1.165, 1.54) is 11.1 Å². The van der Waals surface area contributed by atoms with Crippen LogP contribution in [0.4, 0.5) is 0 Å². The van der Waals surface area contributed by atoms with Gasteiger partial charge >= 0.3 is 0 Å². The smallest absolute Gasteiger partial charge is 0.225 e. The fourth-order valence-electron chi connectivity index (χ4n) is 3.82. The minimum atomic E-state index is -0.434. The van der Waals surface area contributed by atoms with Crippen LogP contribution in [0.1, 0.15) is 43.2 Å². The normalized spacial score (nSPS) is 26.3. The van der Waals surface area contributed by atoms with Gasteiger partial charge in [0.1, 0.15) is 0 Å². The second-order valence-corrected chi connectivity index (χ2v) is 7.09. The molecule has 126 valence electrons. The fraction of sp³-hybridized carbons (Fsp3) is 0.632. The number of benzene rings is 1. The van der Waals surface area contributed by atoms with Crippen molar-refractivity contribution in [3.63, 3.8) is 0 Å². The van der Waals surface area contributed by atoms with Gasteiger partial charge in [-0.3, -0.25) is 9.69 Å². The molecule has 4 nitrogen and oxygen atoms in total. The summed E-state index contributed by atoms with van der Waals surface area (Å²) in [7, 11) is 0. The Hall–Kier alpha value is -1.39. The van der Waals surface area contributed by atoms with Gasteiger partial charge in [0.25, 0.3) is 0 Å². The van der Waals surface area contributed by atoms with E-state index in [2.05, 4.69) is 41.4 Å². The van der Waals surface area contributed by atoms with Crippen LogP contribution >= 0.6 is 0 Å². The Balaban J connectivity index is 1.45. The van der Waals surface area contributed by atoms with Gasteiger partial charge in [-0.2, -0.15) is 0 Å². The molecule has 1 amide bonds. The van der Waals surface area contributed by atoms with Crippen LogP contribution < -0.4 is 5.32 Å². The predicted octanol–water partition coefficient (Wildman–Crippen LogP) is 2.24. The van der Waals surface area contributed by atoms with Gasteiger partial charge in [-0.1, -0.05) is 24.3 Å². The number of nitrogens with zero attached hydrogens (tertiary/aromatic N) is 1. The molecule has 2 N–H and O–H groups in total. The largest absolute Gasteiger partial charge is 0.392 e. The van der Waals surface area contributed by atoms with E-state index < -0.39 is 6.10 Å². The molecule has 1 aromatic rings. The van der Waals surface area contributed by atoms with Gasteiger partial charge in [0.2, 0.25) is 5.91 Å². The summed E-state index contributed by atoms with van der Waals surface area (Å²) in [5.41, 5.74) is 2.74. The average molecular weight is 316 g/mol. The van der Waals surface area contributed by atoms with Crippen LogP contribution in [-0.4, -0.2) is 41.1 Å². The highest BCUT2D eigenvalue weighted by atomic mass is 16.3. The first kappa shape index (κ1) is 16.5. The minimum Gasteiger partial charge on any atom is -0.392 e. The van der Waals surface area contributed by atoms with Crippen molar-refractivity contribution in [1.82, 2.24) is 10.2 Å². The molecule has 1 saturated heterocycles. The Kier molecular flexibility index (Phi) is 5.34. The first-order chi connectivity index (χ1) is 11.1. The number of nitrogens with one attached hydrogen (secondary N) is 1. The second-order valence-electron chi connectivity index (χ2n) is 7.09. The van der Waals surface area contributed by atoms with Crippen molar-refractivity contribution in [3.05, 3.63) is 35.4 Å². The van der Waals surface area contributed by atoms with E-state index in [9.17, 15) is 9.90 Å². The summed E-state index contributed by atoms with van der Waals surface area (Å²) in [5, 5.41) is 13.0. The molecule has 1 aliphatic carbocycles. The van der Waals surface area contributed by atoms with Gasteiger partial charge in [-0.25, -0.2) is 0 Å². The third-order valence-electron chi connectivity index (χ3n) is 5.41. The van der Waals surface area contributed by atoms with Crippen LogP contribution in [0.15, 0.2) is 24.3 Å². The molecule has 1 aliphatic heterocycles. The number of hydrogen-bond acceptors (Lipinski definition) is 3. The summed E-state index contributed by atoms with van der Waals surface area (Å²) in [5.74, 6) is -0.118. The van der Waals surface area contributed by atoms with Crippen LogP contribution in [-0.2, 0) is 11.3 Å². The number of aryl methyl sites for hydroxylation is 1. The lowest BCUT2D eigenvalue weighted by molar-refractivity contribution is -0.128. The number of carbonyl (C=O) groups excluding carboxylic acids is 1. The van der Waals surface area contributed by atoms with E-state index in [0.717, 1.165) is 51.7 Å². The molecule has 0 aromatic heterocycles. The molecule has 2 atom stereocenters. The third kappa shape index (κ3) is 4.12. The Morgan fingerprint density at radius 2 is 1.96 bits per heavy atom. The van der Waals surface area contributed by atoms with E-state index in [1.54, 1.807) is 0 Å². The Morgan fingerprint density at radius 3 is 2.61 bits per heavy atom. The lowest BCUT2D eigenvalue weighted by Gasteiger charge is -2.33. The lowest BCUT2D eigenvalue weighted by atomic mass is 10.00. The molecule has 2 fully saturated rings. The van der Waals surface area contributed by atoms with Crippen molar-refractivity contribution < 1.29 is 9.90 Å². The number of aliphatic hydroxyl groups is 1. The minimum absolute atomic E-state index is 0.0624. The Bertz CT molecular complexity index is 538. The highest BCUT2D eigenvalue weighted by Gasteiger charge is 2.33. The van der Waals surface area contributed by atoms with Gasteiger partial charge < -0.3 is 10.4 Å². The van der Waals surface area contributed by atoms with Crippen LogP contribution in [0.25, 0.3) is 0 Å². The number of rotatable bonds is 4. The zero-order chi connectivity index (χ0) is 16.2. The maximum Gasteiger partial charge on any atom is 0.225 e. The zero-order valence-electron chi connectivity index (χ0n) is 14.0. The fourth-order valence-corrected chi connectivity index (χ4v) is 3.82. The van der Waals surface area contributed by atoms with Crippen LogP contribution in [0.2, 0.25) is 0 Å². The molecule has 4 heteroatoms. The summed E-state index contributed by atoms with van der Waals surface area (Å²) in [6.45, 7) is 5.20. The van der Waals surface area contributed by atoms with E-state index in [0.29, 0.717) is 0 Å². The topological polar surface area (TPSA) is 52.6 Å². The molecule has 2 aliphatic rings. The zero-order valence-corrected chi connectivity index (χ0v) is 14.0. The number of carbonyl (C=O) groups is 1. The maximum absolute atomic E-state index is 12.3. The molecular weight excluding hydrogens is 288 g/mol. The first-order valence-electron chi connectivity index (χ1n) is 8.89. The molecule has 1 saturated carbocycles. The van der Waals surface area contributed by atoms with E-state index in [1.807, 2.05) is 0 Å². The molecule has 23 heavy (non-hydrogen) atoms. The quantitative estimate of drug-likeness (QED) is 0.896. The molecule has 1 heterocycles. The number of piperidine rings is 1. The van der Waals surface area contributed by atoms with Gasteiger partial charge in [-0.05, 0) is 50.2 Å². The first-order valence-corrected chi connectivity index (χ1v) is 8.89. The van der Waals surface area contributed by atoms with Crippen molar-refractivity contribution in [1.29, 1.82) is 0 Å². The average Bonchev–Trinajstić information content (AvgIpc) is 2.98. The molecule has 2 unspecified atom stereocenters. The molecule has 0 bridgehead atoms. The second kappa shape index (κ2) is 7.45. The summed E-state index contributed by atoms with van der Waals surface area (Å²) >= 11 is 0. The van der Waals surface area contributed by atoms with Gasteiger partial charge in [0.15, 0.2) is 0 Å². The standard InChI is InChI=1S/C19H28N2O2/c1-14-5-2-3-6-15(14)13-21-11-9-16(10-12-21)20-19(23)17-7-4-8-18(17)22/h2-3,5-6,16-18,22H,4,7-13H2,1H3,(H,20,23). The van der Waals surface area contributed by atoms with Crippen molar-refractivity contribution >= 4 is 5.91 Å². The third-order valence-corrected chi connectivity index (χ3v) is 5.41. The van der Waals surface area contributed by atoms with Crippen molar-refractivity contribution in [2.24, 2.45) is 5.92 Å². The number of aliphatic hydroxyl groups excluding tert-OH is 1. The Labute approximate surface area is 138 Å². The summed E-state index contributed by atoms with van der Waals surface area (Å²) in [6, 6.07) is 8.81. The van der Waals surface area contributed by atoms with Gasteiger partial charge in [-0.15, -0.1) is 0 Å². The maximum atomic E-state index is 12.3. The molecule has 1 aromatic carbocycles. The van der Waals surface area contributed by atoms with Gasteiger partial charge in [0.05, 0.1) is 12.0 Å². The Morgan fingerprint density at radius 1 is 1.22 bits per heavy atom. The highest BCUT2D eigenvalue weighted by molar-refractivity contribution is 5.79. The molecule has 0 spiro atoms. The molecule has 3 rings (SSSR count). The van der Waals surface area contributed by atoms with Crippen LogP contribution in [0, 0.1) is 12.8 Å². The predicted molar refractivity (Wildman–Crippen MR) is 91.0 cm³/mol. The van der Waals surface area contributed by atoms with E-state index in [-0.39, 0.29) is 17.9 Å². The summed E-state index contributed by atoms with van der Waals surface area (Å²) < 4.78 is 0. The molecule has 0 radical (unpaired) electrons. The summed E-state index contributed by atoms with van der Waals surface area (Å²) in [6.07, 6.45) is 4.14. The van der Waals surface area contributed by atoms with Crippen molar-refractivity contribution in [3.8, 4) is 0 Å². The SMILES string of the molecule is Cc1ccccc1CN1CCC(NC(=O)C2CCCC2O)CC1. The number of hydrogen-bond donors (Lipinski definition) is 2. The number of amides is 1. The van der Waals surface area contributed by atoms with Crippen LogP contribution in [0.3, 0.4) is 0 Å². The van der Waals surface area contributed by atoms with Crippen molar-refractivity contribution in [2.45, 2.75) is 57.7 Å². The van der Waals surface area contributed by atoms with Crippen LogP contribution in [0.5, 0.6) is 0 Å².